The van der Waals surface area contributed by atoms with Gasteiger partial charge in [-0.05, 0) is 71.3 Å². The Hall–Kier alpha value is -2.29. The van der Waals surface area contributed by atoms with E-state index in [0.717, 1.165) is 32.1 Å². The molecule has 2 N–H and O–H groups in total. The number of hydrogen-bond donors (Lipinski definition) is 2. The van der Waals surface area contributed by atoms with Crippen LogP contribution in [0, 0.1) is 11.3 Å². The first-order valence-electron chi connectivity index (χ1n) is 9.68. The molecule has 0 saturated heterocycles. The average molecular weight is 349 g/mol. The molecule has 26 heavy (non-hydrogen) atoms. The first-order valence-corrected chi connectivity index (χ1v) is 9.68. The molecule has 0 radical (unpaired) electrons. The van der Waals surface area contributed by atoms with E-state index in [1.807, 2.05) is 0 Å². The second kappa shape index (κ2) is 6.46. The highest BCUT2D eigenvalue weighted by molar-refractivity contribution is 5.68. The summed E-state index contributed by atoms with van der Waals surface area (Å²) in [5, 5.41) is 12.1. The van der Waals surface area contributed by atoms with Crippen molar-refractivity contribution in [2.75, 3.05) is 0 Å². The molecular formula is C23H27NO2. The number of aryl methyl sites for hydroxylation is 1. The second-order valence-corrected chi connectivity index (χ2v) is 8.45. The highest BCUT2D eigenvalue weighted by Gasteiger charge is 2.52. The fourth-order valence-corrected chi connectivity index (χ4v) is 4.50. The Morgan fingerprint density at radius 2 is 1.81 bits per heavy atom. The summed E-state index contributed by atoms with van der Waals surface area (Å²) in [4.78, 5) is 11.3. The third-order valence-electron chi connectivity index (χ3n) is 6.05. The molecule has 1 unspecified atom stereocenters. The van der Waals surface area contributed by atoms with Gasteiger partial charge in [-0.25, -0.2) is 4.79 Å². The largest absolute Gasteiger partial charge is 0.465 e. The Labute approximate surface area is 155 Å². The van der Waals surface area contributed by atoms with Crippen molar-refractivity contribution in [1.29, 1.82) is 0 Å². The van der Waals surface area contributed by atoms with E-state index in [1.54, 1.807) is 0 Å². The molecule has 4 rings (SSSR count). The number of rotatable bonds is 4. The number of benzene rings is 2. The van der Waals surface area contributed by atoms with E-state index in [4.69, 9.17) is 0 Å². The number of nitrogens with one attached hydrogen (secondary N) is 1. The average Bonchev–Trinajstić information content (AvgIpc) is 3.38. The molecule has 1 spiro atoms. The molecule has 2 aliphatic rings. The SMILES string of the molecule is CC(C)Cc1ccc(-c2ccc3c(c2)CCC2(CC2)C3NC(=O)O)cc1. The van der Waals surface area contributed by atoms with Crippen LogP contribution in [0.3, 0.4) is 0 Å². The third kappa shape index (κ3) is 3.23. The first kappa shape index (κ1) is 17.1. The van der Waals surface area contributed by atoms with E-state index in [2.05, 4.69) is 61.6 Å². The van der Waals surface area contributed by atoms with Crippen molar-refractivity contribution in [3.63, 3.8) is 0 Å². The van der Waals surface area contributed by atoms with Gasteiger partial charge in [-0.1, -0.05) is 56.3 Å². The van der Waals surface area contributed by atoms with Crippen molar-refractivity contribution in [2.45, 2.75) is 52.0 Å². The first-order chi connectivity index (χ1) is 12.5. The minimum absolute atomic E-state index is 0.0498. The maximum atomic E-state index is 11.3. The lowest BCUT2D eigenvalue weighted by Gasteiger charge is -2.34. The van der Waals surface area contributed by atoms with Gasteiger partial charge in [0.15, 0.2) is 0 Å². The Bertz CT molecular complexity index is 819. The fourth-order valence-electron chi connectivity index (χ4n) is 4.50. The molecule has 136 valence electrons. The summed E-state index contributed by atoms with van der Waals surface area (Å²) >= 11 is 0. The van der Waals surface area contributed by atoms with Crippen LogP contribution in [-0.4, -0.2) is 11.2 Å². The number of fused-ring (bicyclic) bond motifs is 1. The number of carboxylic acid groups (broad SMARTS) is 1. The molecule has 2 aromatic rings. The van der Waals surface area contributed by atoms with Gasteiger partial charge in [-0.15, -0.1) is 0 Å². The molecule has 2 aromatic carbocycles. The smallest absolute Gasteiger partial charge is 0.405 e. The Balaban J connectivity index is 1.62. The van der Waals surface area contributed by atoms with Crippen molar-refractivity contribution in [2.24, 2.45) is 11.3 Å². The predicted octanol–water partition coefficient (Wildman–Crippen LogP) is 5.59. The standard InChI is InChI=1S/C23H27NO2/c1-15(2)13-16-3-5-17(6-4-16)18-7-8-20-19(14-18)9-10-23(11-12-23)21(20)24-22(25)26/h3-8,14-15,21,24H,9-13H2,1-2H3,(H,25,26). The van der Waals surface area contributed by atoms with E-state index < -0.39 is 6.09 Å². The number of hydrogen-bond acceptors (Lipinski definition) is 1. The maximum Gasteiger partial charge on any atom is 0.405 e. The molecule has 3 heteroatoms. The molecular weight excluding hydrogens is 322 g/mol. The van der Waals surface area contributed by atoms with Crippen molar-refractivity contribution < 1.29 is 9.90 Å². The molecule has 1 saturated carbocycles. The van der Waals surface area contributed by atoms with Crippen molar-refractivity contribution in [3.05, 3.63) is 59.2 Å². The van der Waals surface area contributed by atoms with Crippen LogP contribution in [0.25, 0.3) is 11.1 Å². The van der Waals surface area contributed by atoms with Crippen LogP contribution in [0.15, 0.2) is 42.5 Å². The van der Waals surface area contributed by atoms with Crippen LogP contribution < -0.4 is 5.32 Å². The lowest BCUT2D eigenvalue weighted by molar-refractivity contribution is 0.178. The summed E-state index contributed by atoms with van der Waals surface area (Å²) in [5.41, 5.74) is 6.48. The molecule has 0 heterocycles. The Morgan fingerprint density at radius 3 is 2.42 bits per heavy atom. The summed E-state index contributed by atoms with van der Waals surface area (Å²) in [7, 11) is 0. The van der Waals surface area contributed by atoms with Gasteiger partial charge in [0, 0.05) is 0 Å². The van der Waals surface area contributed by atoms with E-state index in [1.165, 1.54) is 27.8 Å². The molecule has 1 amide bonds. The molecule has 0 aromatic heterocycles. The van der Waals surface area contributed by atoms with Crippen LogP contribution in [0.5, 0.6) is 0 Å². The zero-order valence-electron chi connectivity index (χ0n) is 15.6. The van der Waals surface area contributed by atoms with Gasteiger partial charge in [0.05, 0.1) is 6.04 Å². The highest BCUT2D eigenvalue weighted by atomic mass is 16.4. The molecule has 1 fully saturated rings. The van der Waals surface area contributed by atoms with E-state index in [9.17, 15) is 9.90 Å². The zero-order chi connectivity index (χ0) is 18.3. The van der Waals surface area contributed by atoms with Crippen LogP contribution in [0.1, 0.15) is 55.8 Å². The van der Waals surface area contributed by atoms with Crippen LogP contribution >= 0.6 is 0 Å². The Morgan fingerprint density at radius 1 is 1.12 bits per heavy atom. The van der Waals surface area contributed by atoms with Gasteiger partial charge in [-0.3, -0.25) is 0 Å². The van der Waals surface area contributed by atoms with Crippen molar-refractivity contribution >= 4 is 6.09 Å². The van der Waals surface area contributed by atoms with Gasteiger partial charge in [0.1, 0.15) is 0 Å². The van der Waals surface area contributed by atoms with Gasteiger partial charge in [0.2, 0.25) is 0 Å². The van der Waals surface area contributed by atoms with Crippen LogP contribution in [0.4, 0.5) is 4.79 Å². The van der Waals surface area contributed by atoms with E-state index >= 15 is 0 Å². The zero-order valence-corrected chi connectivity index (χ0v) is 15.6. The minimum atomic E-state index is -0.918. The quantitative estimate of drug-likeness (QED) is 0.756. The molecule has 0 aliphatic heterocycles. The maximum absolute atomic E-state index is 11.3. The lowest BCUT2D eigenvalue weighted by Crippen LogP contribution is -2.36. The van der Waals surface area contributed by atoms with Gasteiger partial charge in [-0.2, -0.15) is 0 Å². The number of carbonyl (C=O) groups is 1. The fraction of sp³-hybridized carbons (Fsp3) is 0.435. The van der Waals surface area contributed by atoms with Crippen molar-refractivity contribution in [3.8, 4) is 11.1 Å². The molecule has 3 nitrogen and oxygen atoms in total. The van der Waals surface area contributed by atoms with Crippen LogP contribution in [-0.2, 0) is 12.8 Å². The normalized spacial score (nSPS) is 20.0. The van der Waals surface area contributed by atoms with Gasteiger partial charge < -0.3 is 10.4 Å². The van der Waals surface area contributed by atoms with Crippen molar-refractivity contribution in [1.82, 2.24) is 5.32 Å². The van der Waals surface area contributed by atoms with Crippen LogP contribution in [0.2, 0.25) is 0 Å². The minimum Gasteiger partial charge on any atom is -0.465 e. The second-order valence-electron chi connectivity index (χ2n) is 8.45. The number of amides is 1. The summed E-state index contributed by atoms with van der Waals surface area (Å²) in [6.07, 6.45) is 4.59. The summed E-state index contributed by atoms with van der Waals surface area (Å²) in [6, 6.07) is 15.4. The summed E-state index contributed by atoms with van der Waals surface area (Å²) < 4.78 is 0. The molecule has 2 aliphatic carbocycles. The Kier molecular flexibility index (Phi) is 4.26. The van der Waals surface area contributed by atoms with Gasteiger partial charge >= 0.3 is 6.09 Å². The third-order valence-corrected chi connectivity index (χ3v) is 6.05. The molecule has 0 bridgehead atoms. The lowest BCUT2D eigenvalue weighted by atomic mass is 9.76. The van der Waals surface area contributed by atoms with E-state index in [0.29, 0.717) is 5.92 Å². The summed E-state index contributed by atoms with van der Waals surface area (Å²) in [5.74, 6) is 0.665. The monoisotopic (exact) mass is 349 g/mol. The predicted molar refractivity (Wildman–Crippen MR) is 104 cm³/mol. The highest BCUT2D eigenvalue weighted by Crippen LogP contribution is 2.60. The van der Waals surface area contributed by atoms with Gasteiger partial charge in [0.25, 0.3) is 0 Å². The van der Waals surface area contributed by atoms with E-state index in [-0.39, 0.29) is 11.5 Å². The topological polar surface area (TPSA) is 49.3 Å². The molecule has 1 atom stereocenters. The summed E-state index contributed by atoms with van der Waals surface area (Å²) in [6.45, 7) is 4.48.